The van der Waals surface area contributed by atoms with E-state index < -0.39 is 10.0 Å². The number of piperazine rings is 1. The van der Waals surface area contributed by atoms with Gasteiger partial charge in [-0.3, -0.25) is 9.69 Å². The smallest absolute Gasteiger partial charge is 0.258 e. The highest BCUT2D eigenvalue weighted by Crippen LogP contribution is 2.31. The molecule has 0 unspecified atom stereocenters. The molecule has 2 aromatic carbocycles. The summed E-state index contributed by atoms with van der Waals surface area (Å²) < 4.78 is 28.7. The number of aryl methyl sites for hydroxylation is 2. The number of hydrogen-bond donors (Lipinski definition) is 1. The fourth-order valence-electron chi connectivity index (χ4n) is 4.73. The molecule has 34 heavy (non-hydrogen) atoms. The Balaban J connectivity index is 1.53. The Hall–Kier alpha value is -2.55. The monoisotopic (exact) mass is 482 g/mol. The van der Waals surface area contributed by atoms with Crippen molar-refractivity contribution in [3.63, 3.8) is 0 Å². The number of nitrogens with one attached hydrogen (secondary N) is 1. The van der Waals surface area contributed by atoms with Crippen molar-refractivity contribution in [1.29, 1.82) is 0 Å². The Labute approximate surface area is 201 Å². The molecule has 182 valence electrons. The first-order valence-corrected chi connectivity index (χ1v) is 13.2. The normalized spacial score (nSPS) is 17.2. The number of aromatic nitrogens is 2. The van der Waals surface area contributed by atoms with E-state index in [1.54, 1.807) is 10.4 Å². The quantitative estimate of drug-likeness (QED) is 0.609. The minimum atomic E-state index is -3.60. The standard InChI is InChI=1S/C26H34N4O3S/c1-17-15-20(26(4,5)6)16-18(2)23(17)34(32,33)30-13-11-29(12-14-30)19(3)24-27-22-10-8-7-9-21(22)25(31)28-24/h7-10,15-16,19H,11-14H2,1-6H3,(H,27,28,31)/t19-/m1/s1. The van der Waals surface area contributed by atoms with E-state index in [-0.39, 0.29) is 17.0 Å². The number of benzene rings is 2. The summed E-state index contributed by atoms with van der Waals surface area (Å²) in [5, 5.41) is 0.567. The van der Waals surface area contributed by atoms with Crippen molar-refractivity contribution < 1.29 is 8.42 Å². The average Bonchev–Trinajstić information content (AvgIpc) is 2.77. The fraction of sp³-hybridized carbons (Fsp3) is 0.462. The van der Waals surface area contributed by atoms with E-state index in [1.165, 1.54) is 0 Å². The van der Waals surface area contributed by atoms with Gasteiger partial charge >= 0.3 is 0 Å². The van der Waals surface area contributed by atoms with Gasteiger partial charge in [-0.2, -0.15) is 4.31 Å². The highest BCUT2D eigenvalue weighted by molar-refractivity contribution is 7.89. The summed E-state index contributed by atoms with van der Waals surface area (Å²) in [4.78, 5) is 22.6. The number of aromatic amines is 1. The minimum Gasteiger partial charge on any atom is -0.309 e. The van der Waals surface area contributed by atoms with Crippen LogP contribution in [0.15, 0.2) is 46.1 Å². The van der Waals surface area contributed by atoms with Gasteiger partial charge in [-0.1, -0.05) is 45.0 Å². The lowest BCUT2D eigenvalue weighted by Crippen LogP contribution is -2.49. The highest BCUT2D eigenvalue weighted by Gasteiger charge is 2.33. The minimum absolute atomic E-state index is 0.0443. The Kier molecular flexibility index (Phi) is 6.44. The molecular weight excluding hydrogens is 448 g/mol. The third-order valence-electron chi connectivity index (χ3n) is 6.77. The fourth-order valence-corrected chi connectivity index (χ4v) is 6.56. The molecule has 4 rings (SSSR count). The van der Waals surface area contributed by atoms with Crippen LogP contribution in [0, 0.1) is 13.8 Å². The van der Waals surface area contributed by atoms with Crippen LogP contribution in [0.1, 0.15) is 56.3 Å². The summed E-state index contributed by atoms with van der Waals surface area (Å²) in [5.74, 6) is 0.601. The zero-order valence-electron chi connectivity index (χ0n) is 20.8. The second kappa shape index (κ2) is 8.91. The van der Waals surface area contributed by atoms with E-state index in [2.05, 4.69) is 35.6 Å². The van der Waals surface area contributed by atoms with Gasteiger partial charge in [-0.05, 0) is 55.0 Å². The van der Waals surface area contributed by atoms with Gasteiger partial charge < -0.3 is 4.98 Å². The molecule has 1 aromatic heterocycles. The lowest BCUT2D eigenvalue weighted by Gasteiger charge is -2.37. The number of H-pyrrole nitrogens is 1. The molecule has 3 aromatic rings. The summed E-state index contributed by atoms with van der Waals surface area (Å²) in [7, 11) is -3.60. The molecule has 0 radical (unpaired) electrons. The molecule has 1 fully saturated rings. The molecule has 0 amide bonds. The van der Waals surface area contributed by atoms with Gasteiger partial charge in [0, 0.05) is 26.2 Å². The molecule has 8 heteroatoms. The lowest BCUT2D eigenvalue weighted by molar-refractivity contribution is 0.141. The Bertz CT molecular complexity index is 1360. The second-order valence-electron chi connectivity index (χ2n) is 10.3. The summed E-state index contributed by atoms with van der Waals surface area (Å²) >= 11 is 0. The number of para-hydroxylation sites is 1. The van der Waals surface area contributed by atoms with Gasteiger partial charge in [-0.15, -0.1) is 0 Å². The van der Waals surface area contributed by atoms with Crippen LogP contribution in [-0.4, -0.2) is 53.8 Å². The first kappa shape index (κ1) is 24.6. The molecule has 1 N–H and O–H groups in total. The predicted octanol–water partition coefficient (Wildman–Crippen LogP) is 3.90. The average molecular weight is 483 g/mol. The molecular formula is C26H34N4O3S. The first-order chi connectivity index (χ1) is 15.9. The van der Waals surface area contributed by atoms with Gasteiger partial charge in [0.1, 0.15) is 5.82 Å². The second-order valence-corrected chi connectivity index (χ2v) is 12.1. The molecule has 1 aliphatic rings. The van der Waals surface area contributed by atoms with Gasteiger partial charge in [0.25, 0.3) is 5.56 Å². The van der Waals surface area contributed by atoms with Gasteiger partial charge in [0.15, 0.2) is 0 Å². The van der Waals surface area contributed by atoms with E-state index >= 15 is 0 Å². The van der Waals surface area contributed by atoms with Gasteiger partial charge in [0.2, 0.25) is 10.0 Å². The van der Waals surface area contributed by atoms with Crippen molar-refractivity contribution in [1.82, 2.24) is 19.2 Å². The predicted molar refractivity (Wildman–Crippen MR) is 136 cm³/mol. The highest BCUT2D eigenvalue weighted by atomic mass is 32.2. The zero-order chi connectivity index (χ0) is 24.8. The molecule has 2 heterocycles. The van der Waals surface area contributed by atoms with E-state index in [0.29, 0.717) is 47.8 Å². The molecule has 0 spiro atoms. The SMILES string of the molecule is Cc1cc(C(C)(C)C)cc(C)c1S(=O)(=O)N1CCN([C@H](C)c2nc3ccccc3c(=O)[nH]2)CC1. The third kappa shape index (κ3) is 4.54. The molecule has 0 aliphatic carbocycles. The number of sulfonamides is 1. The third-order valence-corrected chi connectivity index (χ3v) is 8.98. The van der Waals surface area contributed by atoms with Crippen molar-refractivity contribution in [2.75, 3.05) is 26.2 Å². The van der Waals surface area contributed by atoms with E-state index in [1.807, 2.05) is 51.1 Å². The summed E-state index contributed by atoms with van der Waals surface area (Å²) in [6.45, 7) is 14.1. The van der Waals surface area contributed by atoms with Crippen molar-refractivity contribution in [3.05, 3.63) is 69.3 Å². The van der Waals surface area contributed by atoms with Gasteiger partial charge in [-0.25, -0.2) is 13.4 Å². The Morgan fingerprint density at radius 3 is 2.18 bits per heavy atom. The molecule has 7 nitrogen and oxygen atoms in total. The first-order valence-electron chi connectivity index (χ1n) is 11.7. The van der Waals surface area contributed by atoms with Crippen LogP contribution in [0.25, 0.3) is 10.9 Å². The van der Waals surface area contributed by atoms with E-state index in [0.717, 1.165) is 16.7 Å². The van der Waals surface area contributed by atoms with Crippen molar-refractivity contribution in [2.45, 2.75) is 57.9 Å². The molecule has 1 aliphatic heterocycles. The van der Waals surface area contributed by atoms with Crippen LogP contribution >= 0.6 is 0 Å². The van der Waals surface area contributed by atoms with Crippen LogP contribution in [0.5, 0.6) is 0 Å². The molecule has 1 atom stereocenters. The van der Waals surface area contributed by atoms with Crippen molar-refractivity contribution in [2.24, 2.45) is 0 Å². The summed E-state index contributed by atoms with van der Waals surface area (Å²) in [6, 6.07) is 11.2. The Morgan fingerprint density at radius 1 is 1.00 bits per heavy atom. The lowest BCUT2D eigenvalue weighted by atomic mass is 9.85. The number of rotatable bonds is 4. The molecule has 0 bridgehead atoms. The summed E-state index contributed by atoms with van der Waals surface area (Å²) in [6.07, 6.45) is 0. The number of hydrogen-bond acceptors (Lipinski definition) is 5. The van der Waals surface area contributed by atoms with Crippen LogP contribution in [0.2, 0.25) is 0 Å². The number of fused-ring (bicyclic) bond motifs is 1. The number of nitrogens with zero attached hydrogens (tertiary/aromatic N) is 3. The largest absolute Gasteiger partial charge is 0.309 e. The van der Waals surface area contributed by atoms with Crippen LogP contribution in [0.4, 0.5) is 0 Å². The van der Waals surface area contributed by atoms with E-state index in [4.69, 9.17) is 0 Å². The van der Waals surface area contributed by atoms with E-state index in [9.17, 15) is 13.2 Å². The summed E-state index contributed by atoms with van der Waals surface area (Å²) in [5.41, 5.74) is 3.18. The van der Waals surface area contributed by atoms with Crippen molar-refractivity contribution in [3.8, 4) is 0 Å². The van der Waals surface area contributed by atoms with Crippen LogP contribution in [0.3, 0.4) is 0 Å². The van der Waals surface area contributed by atoms with Crippen LogP contribution in [-0.2, 0) is 15.4 Å². The van der Waals surface area contributed by atoms with Crippen LogP contribution < -0.4 is 5.56 Å². The molecule has 0 saturated carbocycles. The van der Waals surface area contributed by atoms with Crippen molar-refractivity contribution >= 4 is 20.9 Å². The van der Waals surface area contributed by atoms with Gasteiger partial charge in [0.05, 0.1) is 21.8 Å². The maximum atomic E-state index is 13.6. The topological polar surface area (TPSA) is 86.4 Å². The maximum Gasteiger partial charge on any atom is 0.258 e. The zero-order valence-corrected chi connectivity index (χ0v) is 21.7. The Morgan fingerprint density at radius 2 is 1.59 bits per heavy atom. The maximum absolute atomic E-state index is 13.6. The molecule has 1 saturated heterocycles.